The van der Waals surface area contributed by atoms with Gasteiger partial charge in [-0.15, -0.1) is 0 Å². The third kappa shape index (κ3) is 6.56. The van der Waals surface area contributed by atoms with Crippen LogP contribution in [0.5, 0.6) is 11.5 Å². The number of aryl methyl sites for hydroxylation is 1. The van der Waals surface area contributed by atoms with E-state index in [1.165, 1.54) is 51.0 Å². The van der Waals surface area contributed by atoms with Crippen LogP contribution in [0.4, 0.5) is 0 Å². The Bertz CT molecular complexity index is 555. The molecule has 2 heteroatoms. The molecule has 1 fully saturated rings. The molecule has 0 saturated heterocycles. The molecule has 142 valence electrons. The number of hydrogen-bond acceptors (Lipinski definition) is 2. The molecule has 0 aliphatic heterocycles. The van der Waals surface area contributed by atoms with Gasteiger partial charge in [0.25, 0.3) is 0 Å². The fraction of sp³-hybridized carbons (Fsp3) is 0.739. The lowest BCUT2D eigenvalue weighted by molar-refractivity contribution is 0.309. The second kappa shape index (κ2) is 8.47. The van der Waals surface area contributed by atoms with Crippen LogP contribution in [0.3, 0.4) is 0 Å². The van der Waals surface area contributed by atoms with E-state index in [9.17, 15) is 10.2 Å². The van der Waals surface area contributed by atoms with Crippen LogP contribution in [0.1, 0.15) is 96.6 Å². The maximum Gasteiger partial charge on any atom is 0.122 e. The van der Waals surface area contributed by atoms with Gasteiger partial charge in [-0.1, -0.05) is 47.0 Å². The summed E-state index contributed by atoms with van der Waals surface area (Å²) in [5, 5.41) is 20.2. The Labute approximate surface area is 154 Å². The lowest BCUT2D eigenvalue weighted by Crippen LogP contribution is -2.09. The number of benzene rings is 1. The Hall–Kier alpha value is -1.18. The fourth-order valence-corrected chi connectivity index (χ4v) is 3.62. The predicted octanol–water partition coefficient (Wildman–Crippen LogP) is 6.76. The zero-order valence-corrected chi connectivity index (χ0v) is 16.8. The van der Waals surface area contributed by atoms with E-state index in [2.05, 4.69) is 27.7 Å². The summed E-state index contributed by atoms with van der Waals surface area (Å²) in [6, 6.07) is 3.36. The molecule has 1 aliphatic carbocycles. The van der Waals surface area contributed by atoms with E-state index in [1.54, 1.807) is 0 Å². The van der Waals surface area contributed by atoms with Gasteiger partial charge in [-0.3, -0.25) is 0 Å². The molecule has 0 bridgehead atoms. The van der Waals surface area contributed by atoms with E-state index < -0.39 is 0 Å². The molecule has 0 amide bonds. The number of phenolic OH excluding ortho intramolecular Hbond substituents is 2. The van der Waals surface area contributed by atoms with Crippen molar-refractivity contribution in [2.24, 2.45) is 10.8 Å². The summed E-state index contributed by atoms with van der Waals surface area (Å²) in [7, 11) is 0. The molecular formula is C23H38O2. The van der Waals surface area contributed by atoms with Gasteiger partial charge >= 0.3 is 0 Å². The number of unbranched alkanes of at least 4 members (excludes halogenated alkanes) is 2. The van der Waals surface area contributed by atoms with Gasteiger partial charge in [0.2, 0.25) is 0 Å². The van der Waals surface area contributed by atoms with E-state index in [4.69, 9.17) is 0 Å². The van der Waals surface area contributed by atoms with E-state index in [1.807, 2.05) is 6.07 Å². The van der Waals surface area contributed by atoms with Crippen molar-refractivity contribution >= 4 is 0 Å². The molecule has 0 aromatic heterocycles. The third-order valence-corrected chi connectivity index (χ3v) is 6.37. The van der Waals surface area contributed by atoms with Gasteiger partial charge in [0.1, 0.15) is 11.5 Å². The minimum absolute atomic E-state index is 0.190. The second-order valence-electron chi connectivity index (χ2n) is 9.35. The van der Waals surface area contributed by atoms with E-state index in [0.29, 0.717) is 10.8 Å². The predicted molar refractivity (Wildman–Crippen MR) is 106 cm³/mol. The van der Waals surface area contributed by atoms with Gasteiger partial charge in [0, 0.05) is 6.07 Å². The Morgan fingerprint density at radius 2 is 1.68 bits per heavy atom. The Balaban J connectivity index is 1.87. The number of hydrogen-bond donors (Lipinski definition) is 2. The minimum atomic E-state index is 0.190. The first-order chi connectivity index (χ1) is 11.7. The van der Waals surface area contributed by atoms with Gasteiger partial charge in [-0.2, -0.15) is 0 Å². The summed E-state index contributed by atoms with van der Waals surface area (Å²) in [5.74, 6) is 0.470. The highest BCUT2D eigenvalue weighted by atomic mass is 16.3. The van der Waals surface area contributed by atoms with Gasteiger partial charge in [0.15, 0.2) is 0 Å². The van der Waals surface area contributed by atoms with Crippen molar-refractivity contribution in [3.8, 4) is 11.5 Å². The number of rotatable bonds is 11. The molecule has 1 aromatic rings. The van der Waals surface area contributed by atoms with Crippen molar-refractivity contribution in [3.05, 3.63) is 23.3 Å². The fourth-order valence-electron chi connectivity index (χ4n) is 3.62. The molecule has 0 atom stereocenters. The normalized spacial score (nSPS) is 16.2. The number of aromatic hydroxyl groups is 2. The maximum atomic E-state index is 10.3. The molecular weight excluding hydrogens is 308 g/mol. The van der Waals surface area contributed by atoms with Gasteiger partial charge in [-0.05, 0) is 79.4 Å². The van der Waals surface area contributed by atoms with Gasteiger partial charge in [-0.25, -0.2) is 0 Å². The Morgan fingerprint density at radius 3 is 2.32 bits per heavy atom. The lowest BCUT2D eigenvalue weighted by Gasteiger charge is -2.22. The molecule has 0 heterocycles. The average Bonchev–Trinajstić information content (AvgIpc) is 3.27. The summed E-state index contributed by atoms with van der Waals surface area (Å²) in [6.07, 6.45) is 13.1. The monoisotopic (exact) mass is 346 g/mol. The maximum absolute atomic E-state index is 10.3. The van der Waals surface area contributed by atoms with Crippen LogP contribution in [-0.4, -0.2) is 10.2 Å². The van der Waals surface area contributed by atoms with Crippen LogP contribution in [0, 0.1) is 10.8 Å². The highest BCUT2D eigenvalue weighted by Crippen LogP contribution is 2.49. The number of phenols is 2. The largest absolute Gasteiger partial charge is 0.508 e. The zero-order chi connectivity index (χ0) is 18.5. The molecule has 0 unspecified atom stereocenters. The SMILES string of the molecule is CCC(C)(C)CCCCc1cc(O)cc(O)c1CCCCC1(C)CC1. The van der Waals surface area contributed by atoms with Crippen molar-refractivity contribution in [2.45, 2.75) is 98.3 Å². The minimum Gasteiger partial charge on any atom is -0.508 e. The van der Waals surface area contributed by atoms with Crippen LogP contribution in [0.15, 0.2) is 12.1 Å². The van der Waals surface area contributed by atoms with E-state index in [-0.39, 0.29) is 11.5 Å². The van der Waals surface area contributed by atoms with Crippen molar-refractivity contribution in [1.82, 2.24) is 0 Å². The molecule has 2 nitrogen and oxygen atoms in total. The molecule has 25 heavy (non-hydrogen) atoms. The molecule has 0 radical (unpaired) electrons. The molecule has 1 aromatic carbocycles. The molecule has 0 spiro atoms. The summed E-state index contributed by atoms with van der Waals surface area (Å²) in [4.78, 5) is 0. The van der Waals surface area contributed by atoms with Crippen molar-refractivity contribution in [1.29, 1.82) is 0 Å². The van der Waals surface area contributed by atoms with E-state index >= 15 is 0 Å². The van der Waals surface area contributed by atoms with Crippen LogP contribution >= 0.6 is 0 Å². The van der Waals surface area contributed by atoms with Crippen LogP contribution < -0.4 is 0 Å². The average molecular weight is 347 g/mol. The third-order valence-electron chi connectivity index (χ3n) is 6.37. The topological polar surface area (TPSA) is 40.5 Å². The standard InChI is InChI=1S/C23H38O2/c1-5-22(2,3)12-8-6-10-18-16-19(24)17-21(25)20(18)11-7-9-13-23(4)14-15-23/h16-17,24-25H,5-15H2,1-4H3. The van der Waals surface area contributed by atoms with Crippen LogP contribution in [0.2, 0.25) is 0 Å². The quantitative estimate of drug-likeness (QED) is 0.434. The van der Waals surface area contributed by atoms with Crippen LogP contribution in [0.25, 0.3) is 0 Å². The molecule has 1 saturated carbocycles. The summed E-state index contributed by atoms with van der Waals surface area (Å²) >= 11 is 0. The highest BCUT2D eigenvalue weighted by Gasteiger charge is 2.35. The summed E-state index contributed by atoms with van der Waals surface area (Å²) in [5.41, 5.74) is 3.24. The highest BCUT2D eigenvalue weighted by molar-refractivity contribution is 5.45. The first-order valence-electron chi connectivity index (χ1n) is 10.3. The Kier molecular flexibility index (Phi) is 6.82. The van der Waals surface area contributed by atoms with Crippen molar-refractivity contribution < 1.29 is 10.2 Å². The van der Waals surface area contributed by atoms with Crippen molar-refractivity contribution in [3.63, 3.8) is 0 Å². The second-order valence-corrected chi connectivity index (χ2v) is 9.35. The molecule has 2 rings (SSSR count). The summed E-state index contributed by atoms with van der Waals surface area (Å²) in [6.45, 7) is 9.31. The zero-order valence-electron chi connectivity index (χ0n) is 16.8. The van der Waals surface area contributed by atoms with Gasteiger partial charge in [0.05, 0.1) is 0 Å². The van der Waals surface area contributed by atoms with Crippen molar-refractivity contribution in [2.75, 3.05) is 0 Å². The smallest absolute Gasteiger partial charge is 0.122 e. The van der Waals surface area contributed by atoms with E-state index in [0.717, 1.165) is 36.8 Å². The molecule has 2 N–H and O–H groups in total. The lowest BCUT2D eigenvalue weighted by atomic mass is 9.84. The first-order valence-corrected chi connectivity index (χ1v) is 10.3. The van der Waals surface area contributed by atoms with Gasteiger partial charge < -0.3 is 10.2 Å². The first kappa shape index (κ1) is 20.1. The Morgan fingerprint density at radius 1 is 1.00 bits per heavy atom. The summed E-state index contributed by atoms with van der Waals surface area (Å²) < 4.78 is 0. The molecule has 1 aliphatic rings. The van der Waals surface area contributed by atoms with Crippen LogP contribution in [-0.2, 0) is 12.8 Å².